The maximum atomic E-state index is 10.4. The van der Waals surface area contributed by atoms with Gasteiger partial charge in [-0.05, 0) is 24.0 Å². The molecule has 4 atom stereocenters. The Bertz CT molecular complexity index is 620. The second-order valence-electron chi connectivity index (χ2n) is 9.63. The highest BCUT2D eigenvalue weighted by Gasteiger charge is 2.45. The summed E-state index contributed by atoms with van der Waals surface area (Å²) < 4.78 is 5.69. The van der Waals surface area contributed by atoms with Crippen molar-refractivity contribution in [1.29, 1.82) is 0 Å². The molecule has 1 saturated heterocycles. The Labute approximate surface area is 201 Å². The third-order valence-electron chi connectivity index (χ3n) is 6.86. The normalized spacial score (nSPS) is 23.8. The van der Waals surface area contributed by atoms with Crippen molar-refractivity contribution >= 4 is 0 Å². The maximum Gasteiger partial charge on any atom is 0.158 e. The summed E-state index contributed by atoms with van der Waals surface area (Å²) in [6.45, 7) is 1.85. The molecule has 2 rings (SSSR count). The summed E-state index contributed by atoms with van der Waals surface area (Å²) in [4.78, 5) is 0. The van der Waals surface area contributed by atoms with E-state index >= 15 is 0 Å². The van der Waals surface area contributed by atoms with Crippen molar-refractivity contribution in [3.8, 4) is 0 Å². The molecule has 5 nitrogen and oxygen atoms in total. The zero-order valence-electron chi connectivity index (χ0n) is 20.6. The van der Waals surface area contributed by atoms with E-state index in [1.807, 2.05) is 24.3 Å². The molecule has 1 radical (unpaired) electrons. The molecule has 1 heterocycles. The van der Waals surface area contributed by atoms with Gasteiger partial charge in [-0.2, -0.15) is 0 Å². The van der Waals surface area contributed by atoms with E-state index in [2.05, 4.69) is 6.92 Å². The fourth-order valence-corrected chi connectivity index (χ4v) is 4.72. The summed E-state index contributed by atoms with van der Waals surface area (Å²) in [5.41, 5.74) is 1.81. The molecule has 0 saturated carbocycles. The number of ether oxygens (including phenoxy) is 1. The smallest absolute Gasteiger partial charge is 0.158 e. The molecule has 1 aliphatic rings. The fourth-order valence-electron chi connectivity index (χ4n) is 4.72. The maximum absolute atomic E-state index is 10.4. The first-order valence-electron chi connectivity index (χ1n) is 13.4. The lowest BCUT2D eigenvalue weighted by Crippen LogP contribution is -2.55. The van der Waals surface area contributed by atoms with Crippen molar-refractivity contribution in [3.63, 3.8) is 0 Å². The van der Waals surface area contributed by atoms with Crippen LogP contribution < -0.4 is 0 Å². The fraction of sp³-hybridized carbons (Fsp3) is 0.750. The third kappa shape index (κ3) is 9.65. The molecule has 1 aromatic carbocycles. The van der Waals surface area contributed by atoms with Crippen molar-refractivity contribution in [2.24, 2.45) is 0 Å². The zero-order chi connectivity index (χ0) is 23.9. The monoisotopic (exact) mass is 463 g/mol. The minimum Gasteiger partial charge on any atom is -0.394 e. The minimum atomic E-state index is -1.37. The van der Waals surface area contributed by atoms with Gasteiger partial charge in [-0.25, -0.2) is 0 Å². The van der Waals surface area contributed by atoms with Crippen LogP contribution in [0.25, 0.3) is 0 Å². The van der Waals surface area contributed by atoms with Crippen LogP contribution in [0.3, 0.4) is 0 Å². The topological polar surface area (TPSA) is 90.2 Å². The minimum absolute atomic E-state index is 0.243. The van der Waals surface area contributed by atoms with Crippen molar-refractivity contribution in [2.45, 2.75) is 128 Å². The van der Waals surface area contributed by atoms with E-state index in [1.54, 1.807) is 0 Å². The van der Waals surface area contributed by atoms with E-state index in [9.17, 15) is 20.4 Å². The first kappa shape index (κ1) is 28.3. The van der Waals surface area contributed by atoms with E-state index in [1.165, 1.54) is 83.5 Å². The summed E-state index contributed by atoms with van der Waals surface area (Å²) >= 11 is 0. The molecule has 0 unspecified atom stereocenters. The molecule has 0 spiro atoms. The van der Waals surface area contributed by atoms with E-state index < -0.39 is 31.0 Å². The number of aryl methyl sites for hydroxylation is 1. The lowest BCUT2D eigenvalue weighted by Gasteiger charge is -2.40. The van der Waals surface area contributed by atoms with Gasteiger partial charge in [0.25, 0.3) is 0 Å². The van der Waals surface area contributed by atoms with Gasteiger partial charge in [0.05, 0.1) is 6.61 Å². The van der Waals surface area contributed by atoms with Crippen LogP contribution in [-0.4, -0.2) is 51.4 Å². The number of unbranched alkanes of at least 4 members (excludes halogenated alkanes) is 13. The molecule has 0 amide bonds. The number of rotatable bonds is 17. The van der Waals surface area contributed by atoms with Crippen LogP contribution in [0.5, 0.6) is 0 Å². The molecule has 0 bridgehead atoms. The first-order valence-corrected chi connectivity index (χ1v) is 13.4. The number of hydrogen-bond acceptors (Lipinski definition) is 5. The highest BCUT2D eigenvalue weighted by atomic mass is 16.5. The third-order valence-corrected chi connectivity index (χ3v) is 6.86. The van der Waals surface area contributed by atoms with Crippen molar-refractivity contribution in [2.75, 3.05) is 6.61 Å². The first-order chi connectivity index (χ1) is 16.1. The van der Waals surface area contributed by atoms with Crippen LogP contribution in [0.1, 0.15) is 108 Å². The van der Waals surface area contributed by atoms with Crippen LogP contribution in [-0.2, 0) is 11.2 Å². The molecule has 0 aromatic heterocycles. The summed E-state index contributed by atoms with van der Waals surface area (Å²) in [5.74, 6) is 0. The summed E-state index contributed by atoms with van der Waals surface area (Å²) in [6.07, 6.45) is 14.7. The summed E-state index contributed by atoms with van der Waals surface area (Å²) in [5, 5.41) is 40.0. The molecule has 1 aliphatic heterocycles. The number of aliphatic hydroxyl groups excluding tert-OH is 4. The van der Waals surface area contributed by atoms with E-state index in [0.717, 1.165) is 24.0 Å². The summed E-state index contributed by atoms with van der Waals surface area (Å²) in [7, 11) is 0. The molecular weight excluding hydrogens is 416 g/mol. The van der Waals surface area contributed by atoms with Gasteiger partial charge in [-0.15, -0.1) is 0 Å². The Balaban J connectivity index is 1.63. The van der Waals surface area contributed by atoms with Gasteiger partial charge >= 0.3 is 0 Å². The molecule has 5 heteroatoms. The molecule has 33 heavy (non-hydrogen) atoms. The molecule has 4 N–H and O–H groups in total. The Kier molecular flexibility index (Phi) is 14.2. The van der Waals surface area contributed by atoms with Gasteiger partial charge in [0, 0.05) is 0 Å². The number of hydrogen-bond donors (Lipinski definition) is 4. The quantitative estimate of drug-likeness (QED) is 0.242. The molecule has 1 aromatic rings. The van der Waals surface area contributed by atoms with Gasteiger partial charge < -0.3 is 25.2 Å². The highest BCUT2D eigenvalue weighted by molar-refractivity contribution is 5.39. The Morgan fingerprint density at radius 1 is 0.697 bits per heavy atom. The van der Waals surface area contributed by atoms with Gasteiger partial charge in [0.15, 0.2) is 6.10 Å². The van der Waals surface area contributed by atoms with Crippen molar-refractivity contribution in [3.05, 3.63) is 41.5 Å². The van der Waals surface area contributed by atoms with Crippen LogP contribution in [0, 0.1) is 6.10 Å². The Morgan fingerprint density at radius 2 is 1.21 bits per heavy atom. The molecule has 1 fully saturated rings. The van der Waals surface area contributed by atoms with Gasteiger partial charge in [0.1, 0.15) is 24.4 Å². The second-order valence-corrected chi connectivity index (χ2v) is 9.63. The van der Waals surface area contributed by atoms with Crippen LogP contribution in [0.15, 0.2) is 24.3 Å². The lowest BCUT2D eigenvalue weighted by atomic mass is 9.88. The molecule has 0 aliphatic carbocycles. The van der Waals surface area contributed by atoms with Crippen LogP contribution in [0.2, 0.25) is 0 Å². The van der Waals surface area contributed by atoms with Gasteiger partial charge in [-0.3, -0.25) is 0 Å². The summed E-state index contributed by atoms with van der Waals surface area (Å²) in [6, 6.07) is 7.73. The molecular formula is C28H47O5. The van der Waals surface area contributed by atoms with E-state index in [-0.39, 0.29) is 6.10 Å². The SMILES string of the molecule is CCCCCCCCCCCCCCCCc1ccccc1[C]1O[C@H](CO)[C@H](O)[C@H](O)[C@H]1O. The predicted molar refractivity (Wildman–Crippen MR) is 133 cm³/mol. The average Bonchev–Trinajstić information content (AvgIpc) is 2.83. The van der Waals surface area contributed by atoms with Crippen molar-refractivity contribution in [1.82, 2.24) is 0 Å². The molecule has 189 valence electrons. The van der Waals surface area contributed by atoms with E-state index in [4.69, 9.17) is 4.74 Å². The predicted octanol–water partition coefficient (Wildman–Crippen LogP) is 5.06. The van der Waals surface area contributed by atoms with Crippen LogP contribution in [0.4, 0.5) is 0 Å². The Morgan fingerprint density at radius 3 is 1.76 bits per heavy atom. The van der Waals surface area contributed by atoms with Crippen molar-refractivity contribution < 1.29 is 25.2 Å². The average molecular weight is 464 g/mol. The number of aliphatic hydroxyl groups is 4. The Hall–Kier alpha value is -0.980. The van der Waals surface area contributed by atoms with E-state index in [0.29, 0.717) is 0 Å². The zero-order valence-corrected chi connectivity index (χ0v) is 20.6. The highest BCUT2D eigenvalue weighted by Crippen LogP contribution is 2.33. The largest absolute Gasteiger partial charge is 0.394 e. The van der Waals surface area contributed by atoms with Gasteiger partial charge in [0.2, 0.25) is 0 Å². The van der Waals surface area contributed by atoms with Crippen LogP contribution >= 0.6 is 0 Å². The second kappa shape index (κ2) is 16.6. The van der Waals surface area contributed by atoms with Gasteiger partial charge in [-0.1, -0.05) is 115 Å². The standard InChI is InChI=1S/C28H47O5/c1-2-3-4-5-6-7-8-9-10-11-12-13-14-15-18-22-19-16-17-20-23(22)28-27(32)26(31)25(30)24(21-29)33-28/h16-17,19-20,24-27,29-32H,2-15,18,21H2,1H3/t24-,25+,26+,27-/m1/s1. The lowest BCUT2D eigenvalue weighted by molar-refractivity contribution is -0.184. The number of benzene rings is 1.